The molecule has 2 atom stereocenters. The minimum absolute atomic E-state index is 0.00316. The lowest BCUT2D eigenvalue weighted by Crippen LogP contribution is -2.25. The van der Waals surface area contributed by atoms with Gasteiger partial charge in [0.05, 0.1) is 0 Å². The predicted molar refractivity (Wildman–Crippen MR) is 61.7 cm³/mol. The molecule has 0 bridgehead atoms. The standard InChI is InChI=1S/C13H18FNO/c1-9-2-3-12(4-9)15-8-10-5-11(14)7-13(16)6-10/h5-7,9,12,15-16H,2-4,8H2,1H3. The van der Waals surface area contributed by atoms with Crippen LogP contribution in [0, 0.1) is 11.7 Å². The van der Waals surface area contributed by atoms with Gasteiger partial charge in [-0.05, 0) is 42.9 Å². The molecule has 2 N–H and O–H groups in total. The second kappa shape index (κ2) is 4.83. The topological polar surface area (TPSA) is 32.3 Å². The summed E-state index contributed by atoms with van der Waals surface area (Å²) in [5.41, 5.74) is 0.803. The number of hydrogen-bond acceptors (Lipinski definition) is 2. The largest absolute Gasteiger partial charge is 0.508 e. The van der Waals surface area contributed by atoms with Crippen LogP contribution in [-0.4, -0.2) is 11.1 Å². The average molecular weight is 223 g/mol. The second-order valence-corrected chi connectivity index (χ2v) is 4.81. The van der Waals surface area contributed by atoms with E-state index in [0.717, 1.165) is 17.5 Å². The van der Waals surface area contributed by atoms with Gasteiger partial charge in [-0.2, -0.15) is 0 Å². The molecule has 3 heteroatoms. The van der Waals surface area contributed by atoms with E-state index in [-0.39, 0.29) is 11.6 Å². The highest BCUT2D eigenvalue weighted by Gasteiger charge is 2.20. The van der Waals surface area contributed by atoms with Crippen molar-refractivity contribution < 1.29 is 9.50 Å². The molecule has 1 aliphatic carbocycles. The van der Waals surface area contributed by atoms with Crippen LogP contribution in [0.2, 0.25) is 0 Å². The molecule has 16 heavy (non-hydrogen) atoms. The minimum atomic E-state index is -0.378. The van der Waals surface area contributed by atoms with E-state index in [1.807, 2.05) is 0 Å². The van der Waals surface area contributed by atoms with Crippen molar-refractivity contribution in [1.82, 2.24) is 5.32 Å². The number of halogens is 1. The third-order valence-electron chi connectivity index (χ3n) is 3.23. The maximum absolute atomic E-state index is 13.0. The summed E-state index contributed by atoms with van der Waals surface area (Å²) in [7, 11) is 0. The average Bonchev–Trinajstić information content (AvgIpc) is 2.60. The van der Waals surface area contributed by atoms with Gasteiger partial charge in [0.2, 0.25) is 0 Å². The lowest BCUT2D eigenvalue weighted by atomic mass is 10.1. The van der Waals surface area contributed by atoms with Crippen LogP contribution in [-0.2, 0) is 6.54 Å². The van der Waals surface area contributed by atoms with Gasteiger partial charge in [-0.1, -0.05) is 6.92 Å². The predicted octanol–water partition coefficient (Wildman–Crippen LogP) is 2.81. The van der Waals surface area contributed by atoms with Crippen LogP contribution >= 0.6 is 0 Å². The first-order valence-electron chi connectivity index (χ1n) is 5.85. The lowest BCUT2D eigenvalue weighted by Gasteiger charge is -2.12. The van der Waals surface area contributed by atoms with Crippen LogP contribution in [0.1, 0.15) is 31.7 Å². The SMILES string of the molecule is CC1CCC(NCc2cc(O)cc(F)c2)C1. The Bertz CT molecular complexity index is 347. The molecule has 0 radical (unpaired) electrons. The van der Waals surface area contributed by atoms with Gasteiger partial charge in [0.1, 0.15) is 11.6 Å². The Labute approximate surface area is 95.5 Å². The summed E-state index contributed by atoms with van der Waals surface area (Å²) < 4.78 is 13.0. The van der Waals surface area contributed by atoms with Crippen molar-refractivity contribution >= 4 is 0 Å². The molecule has 1 aliphatic rings. The highest BCUT2D eigenvalue weighted by molar-refractivity contribution is 5.28. The van der Waals surface area contributed by atoms with Gasteiger partial charge >= 0.3 is 0 Å². The fraction of sp³-hybridized carbons (Fsp3) is 0.538. The van der Waals surface area contributed by atoms with Crippen LogP contribution in [0.4, 0.5) is 4.39 Å². The Hall–Kier alpha value is -1.09. The van der Waals surface area contributed by atoms with Crippen LogP contribution in [0.15, 0.2) is 18.2 Å². The Morgan fingerprint density at radius 2 is 2.19 bits per heavy atom. The summed E-state index contributed by atoms with van der Waals surface area (Å²) in [6.07, 6.45) is 3.66. The van der Waals surface area contributed by atoms with Crippen LogP contribution in [0.25, 0.3) is 0 Å². The molecular weight excluding hydrogens is 205 g/mol. The normalized spacial score (nSPS) is 24.9. The summed E-state index contributed by atoms with van der Waals surface area (Å²) in [5.74, 6) is 0.409. The fourth-order valence-electron chi connectivity index (χ4n) is 2.39. The smallest absolute Gasteiger partial charge is 0.127 e. The first-order valence-corrected chi connectivity index (χ1v) is 5.85. The van der Waals surface area contributed by atoms with Gasteiger partial charge in [-0.3, -0.25) is 0 Å². The molecule has 1 saturated carbocycles. The second-order valence-electron chi connectivity index (χ2n) is 4.81. The first-order chi connectivity index (χ1) is 7.63. The number of phenols is 1. The summed E-state index contributed by atoms with van der Waals surface area (Å²) in [5, 5.41) is 12.7. The zero-order valence-corrected chi connectivity index (χ0v) is 9.54. The van der Waals surface area contributed by atoms with Crippen molar-refractivity contribution in [3.8, 4) is 5.75 Å². The van der Waals surface area contributed by atoms with Crippen LogP contribution in [0.3, 0.4) is 0 Å². The molecule has 0 heterocycles. The van der Waals surface area contributed by atoms with Crippen LogP contribution < -0.4 is 5.32 Å². The molecule has 0 aliphatic heterocycles. The quantitative estimate of drug-likeness (QED) is 0.825. The van der Waals surface area contributed by atoms with Crippen molar-refractivity contribution in [2.45, 2.75) is 38.8 Å². The maximum Gasteiger partial charge on any atom is 0.127 e. The molecule has 2 nitrogen and oxygen atoms in total. The summed E-state index contributed by atoms with van der Waals surface area (Å²) in [6, 6.07) is 4.74. The molecular formula is C13H18FNO. The van der Waals surface area contributed by atoms with Crippen molar-refractivity contribution in [2.24, 2.45) is 5.92 Å². The number of aromatic hydroxyl groups is 1. The van der Waals surface area contributed by atoms with E-state index in [9.17, 15) is 9.50 Å². The fourth-order valence-corrected chi connectivity index (χ4v) is 2.39. The Balaban J connectivity index is 1.89. The number of hydrogen-bond donors (Lipinski definition) is 2. The van der Waals surface area contributed by atoms with Gasteiger partial charge in [0, 0.05) is 18.7 Å². The molecule has 2 rings (SSSR count). The molecule has 0 aromatic heterocycles. The van der Waals surface area contributed by atoms with E-state index in [1.54, 1.807) is 6.07 Å². The number of rotatable bonds is 3. The zero-order valence-electron chi connectivity index (χ0n) is 9.54. The van der Waals surface area contributed by atoms with E-state index < -0.39 is 0 Å². The molecule has 0 spiro atoms. The molecule has 2 unspecified atom stereocenters. The third kappa shape index (κ3) is 2.95. The Morgan fingerprint density at radius 1 is 1.38 bits per heavy atom. The van der Waals surface area contributed by atoms with E-state index in [1.165, 1.54) is 25.3 Å². The molecule has 88 valence electrons. The van der Waals surface area contributed by atoms with Crippen LogP contribution in [0.5, 0.6) is 5.75 Å². The summed E-state index contributed by atoms with van der Waals surface area (Å²) >= 11 is 0. The van der Waals surface area contributed by atoms with Gasteiger partial charge in [0.25, 0.3) is 0 Å². The van der Waals surface area contributed by atoms with E-state index in [2.05, 4.69) is 12.2 Å². The van der Waals surface area contributed by atoms with Gasteiger partial charge in [-0.25, -0.2) is 4.39 Å². The van der Waals surface area contributed by atoms with E-state index in [4.69, 9.17) is 0 Å². The molecule has 1 aromatic carbocycles. The highest BCUT2D eigenvalue weighted by Crippen LogP contribution is 2.25. The number of nitrogens with one attached hydrogen (secondary N) is 1. The maximum atomic E-state index is 13.0. The van der Waals surface area contributed by atoms with Gasteiger partial charge in [0.15, 0.2) is 0 Å². The molecule has 0 amide bonds. The van der Waals surface area contributed by atoms with Crippen molar-refractivity contribution in [1.29, 1.82) is 0 Å². The van der Waals surface area contributed by atoms with Crippen molar-refractivity contribution in [3.63, 3.8) is 0 Å². The minimum Gasteiger partial charge on any atom is -0.508 e. The molecule has 0 saturated heterocycles. The lowest BCUT2D eigenvalue weighted by molar-refractivity contribution is 0.464. The number of benzene rings is 1. The van der Waals surface area contributed by atoms with Crippen molar-refractivity contribution in [3.05, 3.63) is 29.6 Å². The van der Waals surface area contributed by atoms with Crippen molar-refractivity contribution in [2.75, 3.05) is 0 Å². The zero-order chi connectivity index (χ0) is 11.5. The summed E-state index contributed by atoms with van der Waals surface area (Å²) in [4.78, 5) is 0. The Morgan fingerprint density at radius 3 is 2.81 bits per heavy atom. The Kier molecular flexibility index (Phi) is 3.44. The monoisotopic (exact) mass is 223 g/mol. The highest BCUT2D eigenvalue weighted by atomic mass is 19.1. The summed E-state index contributed by atoms with van der Waals surface area (Å²) in [6.45, 7) is 2.89. The van der Waals surface area contributed by atoms with Gasteiger partial charge < -0.3 is 10.4 Å². The first kappa shape index (κ1) is 11.4. The molecule has 1 aromatic rings. The van der Waals surface area contributed by atoms with Gasteiger partial charge in [-0.15, -0.1) is 0 Å². The number of phenolic OH excluding ortho intramolecular Hbond substituents is 1. The third-order valence-corrected chi connectivity index (χ3v) is 3.23. The molecule has 1 fully saturated rings. The van der Waals surface area contributed by atoms with E-state index >= 15 is 0 Å². The van der Waals surface area contributed by atoms with E-state index in [0.29, 0.717) is 12.6 Å².